The Morgan fingerprint density at radius 2 is 1.95 bits per heavy atom. The van der Waals surface area contributed by atoms with Gasteiger partial charge in [-0.1, -0.05) is 37.3 Å². The highest BCUT2D eigenvalue weighted by molar-refractivity contribution is 5.82. The van der Waals surface area contributed by atoms with E-state index >= 15 is 0 Å². The summed E-state index contributed by atoms with van der Waals surface area (Å²) in [6.45, 7) is 4.22. The van der Waals surface area contributed by atoms with Crippen molar-refractivity contribution in [3.63, 3.8) is 0 Å². The van der Waals surface area contributed by atoms with Crippen LogP contribution in [0.25, 0.3) is 0 Å². The average Bonchev–Trinajstić information content (AvgIpc) is 2.48. The molecule has 0 saturated carbocycles. The molecular formula is C15H22N2O2. The minimum atomic E-state index is -0.409. The molecule has 1 N–H and O–H groups in total. The van der Waals surface area contributed by atoms with Gasteiger partial charge in [-0.2, -0.15) is 0 Å². The molecule has 1 aliphatic heterocycles. The van der Waals surface area contributed by atoms with Gasteiger partial charge in [0.25, 0.3) is 0 Å². The second-order valence-corrected chi connectivity index (χ2v) is 5.45. The van der Waals surface area contributed by atoms with Crippen molar-refractivity contribution in [3.05, 3.63) is 35.9 Å². The van der Waals surface area contributed by atoms with Crippen molar-refractivity contribution in [1.82, 2.24) is 9.80 Å². The highest BCUT2D eigenvalue weighted by Gasteiger charge is 2.32. The molecule has 1 aliphatic rings. The zero-order valence-corrected chi connectivity index (χ0v) is 11.6. The molecule has 1 aromatic rings. The summed E-state index contributed by atoms with van der Waals surface area (Å²) < 4.78 is 0. The molecule has 4 nitrogen and oxygen atoms in total. The van der Waals surface area contributed by atoms with E-state index in [-0.39, 0.29) is 12.5 Å². The Balaban J connectivity index is 2.15. The largest absolute Gasteiger partial charge is 0.394 e. The maximum Gasteiger partial charge on any atom is 0.242 e. The lowest BCUT2D eigenvalue weighted by Gasteiger charge is -2.26. The van der Waals surface area contributed by atoms with E-state index in [1.165, 1.54) is 0 Å². The van der Waals surface area contributed by atoms with Crippen molar-refractivity contribution in [2.24, 2.45) is 5.92 Å². The maximum absolute atomic E-state index is 12.5. The van der Waals surface area contributed by atoms with Crippen LogP contribution in [-0.4, -0.2) is 53.6 Å². The third kappa shape index (κ3) is 3.33. The number of nitrogens with zero attached hydrogens (tertiary/aromatic N) is 2. The smallest absolute Gasteiger partial charge is 0.242 e. The van der Waals surface area contributed by atoms with Gasteiger partial charge in [0.15, 0.2) is 0 Å². The average molecular weight is 262 g/mol. The first-order valence-corrected chi connectivity index (χ1v) is 6.75. The van der Waals surface area contributed by atoms with E-state index in [0.29, 0.717) is 12.5 Å². The number of likely N-dealkylation sites (N-methyl/N-ethyl adjacent to an activating group) is 1. The highest BCUT2D eigenvalue weighted by atomic mass is 16.3. The second-order valence-electron chi connectivity index (χ2n) is 5.45. The fourth-order valence-corrected chi connectivity index (χ4v) is 2.71. The SMILES string of the molecule is CC1CN(Cc2ccccc2)C(=O)C(CO)N(C)C1. The molecule has 0 radical (unpaired) electrons. The summed E-state index contributed by atoms with van der Waals surface area (Å²) in [6.07, 6.45) is 0. The topological polar surface area (TPSA) is 43.8 Å². The second kappa shape index (κ2) is 6.17. The monoisotopic (exact) mass is 262 g/mol. The molecule has 2 atom stereocenters. The van der Waals surface area contributed by atoms with Gasteiger partial charge in [-0.25, -0.2) is 0 Å². The van der Waals surface area contributed by atoms with E-state index in [4.69, 9.17) is 0 Å². The van der Waals surface area contributed by atoms with E-state index in [0.717, 1.165) is 18.7 Å². The molecule has 4 heteroatoms. The van der Waals surface area contributed by atoms with Gasteiger partial charge in [-0.15, -0.1) is 0 Å². The van der Waals surface area contributed by atoms with Crippen molar-refractivity contribution in [3.8, 4) is 0 Å². The number of carbonyl (C=O) groups excluding carboxylic acids is 1. The van der Waals surface area contributed by atoms with Gasteiger partial charge in [0.1, 0.15) is 6.04 Å². The molecule has 0 aromatic heterocycles. The molecule has 104 valence electrons. The Bertz CT molecular complexity index is 421. The fraction of sp³-hybridized carbons (Fsp3) is 0.533. The lowest BCUT2D eigenvalue weighted by atomic mass is 10.1. The first-order chi connectivity index (χ1) is 9.11. The van der Waals surface area contributed by atoms with Crippen LogP contribution < -0.4 is 0 Å². The summed E-state index contributed by atoms with van der Waals surface area (Å²) in [5.41, 5.74) is 1.13. The third-order valence-corrected chi connectivity index (χ3v) is 3.65. The molecule has 1 amide bonds. The Kier molecular flexibility index (Phi) is 4.56. The highest BCUT2D eigenvalue weighted by Crippen LogP contribution is 2.16. The predicted octanol–water partition coefficient (Wildman–Crippen LogP) is 0.958. The molecule has 0 aliphatic carbocycles. The number of carbonyl (C=O) groups is 1. The number of aliphatic hydroxyl groups is 1. The van der Waals surface area contributed by atoms with Gasteiger partial charge in [-0.3, -0.25) is 9.69 Å². The number of amides is 1. The van der Waals surface area contributed by atoms with Crippen molar-refractivity contribution < 1.29 is 9.90 Å². The summed E-state index contributed by atoms with van der Waals surface area (Å²) in [5.74, 6) is 0.437. The predicted molar refractivity (Wildman–Crippen MR) is 74.5 cm³/mol. The molecule has 0 bridgehead atoms. The maximum atomic E-state index is 12.5. The van der Waals surface area contributed by atoms with Gasteiger partial charge in [-0.05, 0) is 18.5 Å². The number of hydrogen-bond acceptors (Lipinski definition) is 3. The van der Waals surface area contributed by atoms with Crippen LogP contribution in [0.5, 0.6) is 0 Å². The van der Waals surface area contributed by atoms with E-state index in [9.17, 15) is 9.90 Å². The Labute approximate surface area is 114 Å². The first kappa shape index (κ1) is 14.0. The molecule has 1 heterocycles. The van der Waals surface area contributed by atoms with E-state index < -0.39 is 6.04 Å². The Morgan fingerprint density at radius 3 is 2.58 bits per heavy atom. The van der Waals surface area contributed by atoms with Crippen LogP contribution in [0, 0.1) is 5.92 Å². The summed E-state index contributed by atoms with van der Waals surface area (Å²) in [4.78, 5) is 16.3. The molecule has 1 aromatic carbocycles. The fourth-order valence-electron chi connectivity index (χ4n) is 2.71. The normalized spacial score (nSPS) is 25.4. The van der Waals surface area contributed by atoms with Gasteiger partial charge in [0.2, 0.25) is 5.91 Å². The lowest BCUT2D eigenvalue weighted by Crippen LogP contribution is -2.46. The molecule has 19 heavy (non-hydrogen) atoms. The number of hydrogen-bond donors (Lipinski definition) is 1. The lowest BCUT2D eigenvalue weighted by molar-refractivity contribution is -0.137. The zero-order chi connectivity index (χ0) is 13.8. The zero-order valence-electron chi connectivity index (χ0n) is 11.6. The van der Waals surface area contributed by atoms with Crippen molar-refractivity contribution in [2.45, 2.75) is 19.5 Å². The standard InChI is InChI=1S/C15H22N2O2/c1-12-8-16(2)14(11-18)15(19)17(9-12)10-13-6-4-3-5-7-13/h3-7,12,14,18H,8-11H2,1-2H3. The summed E-state index contributed by atoms with van der Waals surface area (Å²) >= 11 is 0. The third-order valence-electron chi connectivity index (χ3n) is 3.65. The van der Waals surface area contributed by atoms with Gasteiger partial charge < -0.3 is 10.0 Å². The molecule has 0 spiro atoms. The summed E-state index contributed by atoms with van der Waals surface area (Å²) in [6, 6.07) is 9.59. The van der Waals surface area contributed by atoms with Crippen LogP contribution in [0.15, 0.2) is 30.3 Å². The van der Waals surface area contributed by atoms with E-state index in [2.05, 4.69) is 6.92 Å². The van der Waals surface area contributed by atoms with Crippen molar-refractivity contribution in [1.29, 1.82) is 0 Å². The van der Waals surface area contributed by atoms with E-state index in [1.54, 1.807) is 0 Å². The molecule has 1 fully saturated rings. The molecule has 2 unspecified atom stereocenters. The molecular weight excluding hydrogens is 240 g/mol. The van der Waals surface area contributed by atoms with E-state index in [1.807, 2.05) is 47.2 Å². The minimum absolute atomic E-state index is 0.0261. The van der Waals surface area contributed by atoms with Crippen LogP contribution in [0.2, 0.25) is 0 Å². The van der Waals surface area contributed by atoms with Crippen LogP contribution in [0.3, 0.4) is 0 Å². The number of aliphatic hydroxyl groups excluding tert-OH is 1. The molecule has 2 rings (SSSR count). The minimum Gasteiger partial charge on any atom is -0.394 e. The summed E-state index contributed by atoms with van der Waals surface area (Å²) in [5, 5.41) is 9.44. The quantitative estimate of drug-likeness (QED) is 0.882. The van der Waals surface area contributed by atoms with Crippen LogP contribution in [0.4, 0.5) is 0 Å². The number of rotatable bonds is 3. The van der Waals surface area contributed by atoms with Crippen LogP contribution in [0.1, 0.15) is 12.5 Å². The Morgan fingerprint density at radius 1 is 1.26 bits per heavy atom. The summed E-state index contributed by atoms with van der Waals surface area (Å²) in [7, 11) is 1.90. The van der Waals surface area contributed by atoms with Gasteiger partial charge >= 0.3 is 0 Å². The van der Waals surface area contributed by atoms with Crippen LogP contribution in [-0.2, 0) is 11.3 Å². The first-order valence-electron chi connectivity index (χ1n) is 6.75. The number of benzene rings is 1. The van der Waals surface area contributed by atoms with Crippen molar-refractivity contribution in [2.75, 3.05) is 26.7 Å². The Hall–Kier alpha value is -1.39. The van der Waals surface area contributed by atoms with Crippen LogP contribution >= 0.6 is 0 Å². The van der Waals surface area contributed by atoms with Gasteiger partial charge in [0.05, 0.1) is 6.61 Å². The van der Waals surface area contributed by atoms with Gasteiger partial charge in [0, 0.05) is 19.6 Å². The van der Waals surface area contributed by atoms with Crippen molar-refractivity contribution >= 4 is 5.91 Å². The molecule has 1 saturated heterocycles.